The van der Waals surface area contributed by atoms with Crippen molar-refractivity contribution in [2.24, 2.45) is 0 Å². The van der Waals surface area contributed by atoms with Crippen LogP contribution in [-0.4, -0.2) is 78.5 Å². The molecule has 0 bridgehead atoms. The van der Waals surface area contributed by atoms with Gasteiger partial charge in [0.1, 0.15) is 17.3 Å². The summed E-state index contributed by atoms with van der Waals surface area (Å²) in [5.74, 6) is -0.208. The fourth-order valence-electron chi connectivity index (χ4n) is 5.51. The molecular formula is C33H35FN4O5. The Labute approximate surface area is 250 Å². The van der Waals surface area contributed by atoms with Crippen LogP contribution < -0.4 is 10.1 Å². The number of amides is 3. The molecule has 0 radical (unpaired) electrons. The molecule has 0 spiro atoms. The lowest BCUT2D eigenvalue weighted by molar-refractivity contribution is -0.139. The van der Waals surface area contributed by atoms with Gasteiger partial charge in [0.2, 0.25) is 0 Å². The van der Waals surface area contributed by atoms with Crippen LogP contribution in [0.2, 0.25) is 0 Å². The van der Waals surface area contributed by atoms with Gasteiger partial charge >= 0.3 is 12.0 Å². The second-order valence-electron chi connectivity index (χ2n) is 10.6. The largest absolute Gasteiger partial charge is 0.463 e. The van der Waals surface area contributed by atoms with Gasteiger partial charge in [-0.05, 0) is 55.8 Å². The summed E-state index contributed by atoms with van der Waals surface area (Å²) in [6, 6.07) is 21.2. The number of hydrogen-bond acceptors (Lipinski definition) is 6. The van der Waals surface area contributed by atoms with E-state index in [0.717, 1.165) is 0 Å². The topological polar surface area (TPSA) is 91.4 Å². The summed E-state index contributed by atoms with van der Waals surface area (Å²) in [5, 5.41) is 2.95. The maximum Gasteiger partial charge on any atom is 0.338 e. The summed E-state index contributed by atoms with van der Waals surface area (Å²) in [6.07, 6.45) is 0. The standard InChI is InChI=1S/C33H35FN4O5/c1-4-42-32(40)29-28(21-37-17-18-38(22(2)20-37)31(39)26-15-8-9-16-27(26)34)36(3)33(41)35-30(29)23-11-10-14-25(19-23)43-24-12-6-5-7-13-24/h5-16,19,22,30H,4,17-18,20-21H2,1-3H3,(H,35,41)/t22-,30+/m0/s1. The zero-order valence-corrected chi connectivity index (χ0v) is 24.5. The van der Waals surface area contributed by atoms with E-state index < -0.39 is 17.8 Å². The molecular weight excluding hydrogens is 551 g/mol. The first-order valence-corrected chi connectivity index (χ1v) is 14.3. The van der Waals surface area contributed by atoms with Gasteiger partial charge in [0, 0.05) is 45.0 Å². The zero-order chi connectivity index (χ0) is 30.5. The molecule has 0 saturated carbocycles. The molecule has 3 amide bonds. The minimum atomic E-state index is -0.765. The summed E-state index contributed by atoms with van der Waals surface area (Å²) in [4.78, 5) is 45.0. The fourth-order valence-corrected chi connectivity index (χ4v) is 5.51. The van der Waals surface area contributed by atoms with Crippen LogP contribution >= 0.6 is 0 Å². The third kappa shape index (κ3) is 6.54. The van der Waals surface area contributed by atoms with Crippen LogP contribution in [0.4, 0.5) is 9.18 Å². The van der Waals surface area contributed by atoms with Crippen molar-refractivity contribution in [3.63, 3.8) is 0 Å². The Morgan fingerprint density at radius 1 is 0.977 bits per heavy atom. The molecule has 10 heteroatoms. The molecule has 0 unspecified atom stereocenters. The number of carbonyl (C=O) groups excluding carboxylic acids is 3. The molecule has 1 fully saturated rings. The van der Waals surface area contributed by atoms with Gasteiger partial charge < -0.3 is 19.7 Å². The zero-order valence-electron chi connectivity index (χ0n) is 24.5. The van der Waals surface area contributed by atoms with Crippen LogP contribution in [0.15, 0.2) is 90.1 Å². The number of hydrogen-bond donors (Lipinski definition) is 1. The number of nitrogens with one attached hydrogen (secondary N) is 1. The number of nitrogens with zero attached hydrogens (tertiary/aromatic N) is 3. The molecule has 5 rings (SSSR count). The molecule has 2 heterocycles. The highest BCUT2D eigenvalue weighted by molar-refractivity contribution is 5.95. The monoisotopic (exact) mass is 586 g/mol. The van der Waals surface area contributed by atoms with E-state index in [2.05, 4.69) is 10.2 Å². The third-order valence-electron chi connectivity index (χ3n) is 7.69. The van der Waals surface area contributed by atoms with Gasteiger partial charge in [-0.3, -0.25) is 14.6 Å². The summed E-state index contributed by atoms with van der Waals surface area (Å²) in [7, 11) is 1.62. The number of halogens is 1. The Morgan fingerprint density at radius 3 is 2.42 bits per heavy atom. The Kier molecular flexibility index (Phi) is 9.06. The van der Waals surface area contributed by atoms with E-state index in [1.165, 1.54) is 17.0 Å². The van der Waals surface area contributed by atoms with Crippen LogP contribution in [0.25, 0.3) is 0 Å². The van der Waals surface area contributed by atoms with Crippen molar-refractivity contribution in [3.05, 3.63) is 107 Å². The van der Waals surface area contributed by atoms with Crippen LogP contribution in [-0.2, 0) is 9.53 Å². The van der Waals surface area contributed by atoms with Gasteiger partial charge in [-0.25, -0.2) is 14.0 Å². The lowest BCUT2D eigenvalue weighted by Gasteiger charge is -2.42. The van der Waals surface area contributed by atoms with Gasteiger partial charge in [-0.15, -0.1) is 0 Å². The number of para-hydroxylation sites is 1. The van der Waals surface area contributed by atoms with E-state index in [9.17, 15) is 18.8 Å². The number of urea groups is 1. The quantitative estimate of drug-likeness (QED) is 0.375. The van der Waals surface area contributed by atoms with Gasteiger partial charge in [-0.2, -0.15) is 0 Å². The first-order chi connectivity index (χ1) is 20.8. The normalized spacial score (nSPS) is 19.2. The fraction of sp³-hybridized carbons (Fsp3) is 0.303. The van der Waals surface area contributed by atoms with Crippen molar-refractivity contribution >= 4 is 17.9 Å². The maximum atomic E-state index is 14.3. The summed E-state index contributed by atoms with van der Waals surface area (Å²) >= 11 is 0. The summed E-state index contributed by atoms with van der Waals surface area (Å²) < 4.78 is 25.8. The van der Waals surface area contributed by atoms with Crippen molar-refractivity contribution in [2.45, 2.75) is 25.9 Å². The number of esters is 1. The molecule has 43 heavy (non-hydrogen) atoms. The van der Waals surface area contributed by atoms with E-state index in [4.69, 9.17) is 9.47 Å². The molecule has 1 saturated heterocycles. The maximum absolute atomic E-state index is 14.3. The SMILES string of the molecule is CCOC(=O)C1=C(CN2CCN(C(=O)c3ccccc3F)[C@@H](C)C2)N(C)C(=O)N[C@@H]1c1cccc(Oc2ccccc2)c1. The van der Waals surface area contributed by atoms with Crippen LogP contribution in [0.3, 0.4) is 0 Å². The molecule has 0 aliphatic carbocycles. The highest BCUT2D eigenvalue weighted by Gasteiger charge is 2.38. The third-order valence-corrected chi connectivity index (χ3v) is 7.69. The van der Waals surface area contributed by atoms with Gasteiger partial charge in [0.15, 0.2) is 0 Å². The van der Waals surface area contributed by atoms with E-state index >= 15 is 0 Å². The molecule has 9 nitrogen and oxygen atoms in total. The number of benzene rings is 3. The number of likely N-dealkylation sites (N-methyl/N-ethyl adjacent to an activating group) is 1. The lowest BCUT2D eigenvalue weighted by Crippen LogP contribution is -2.56. The van der Waals surface area contributed by atoms with Gasteiger partial charge in [-0.1, -0.05) is 42.5 Å². The van der Waals surface area contributed by atoms with Gasteiger partial charge in [0.25, 0.3) is 5.91 Å². The molecule has 0 aromatic heterocycles. The predicted molar refractivity (Wildman–Crippen MR) is 159 cm³/mol. The highest BCUT2D eigenvalue weighted by Crippen LogP contribution is 2.34. The average molecular weight is 587 g/mol. The minimum Gasteiger partial charge on any atom is -0.463 e. The number of rotatable bonds is 8. The van der Waals surface area contributed by atoms with Crippen molar-refractivity contribution < 1.29 is 28.2 Å². The van der Waals surface area contributed by atoms with Crippen LogP contribution in [0.1, 0.15) is 35.8 Å². The Morgan fingerprint density at radius 2 is 1.70 bits per heavy atom. The molecule has 1 N–H and O–H groups in total. The molecule has 2 aliphatic heterocycles. The number of ether oxygens (including phenoxy) is 2. The second-order valence-corrected chi connectivity index (χ2v) is 10.6. The van der Waals surface area contributed by atoms with E-state index in [-0.39, 0.29) is 36.7 Å². The smallest absolute Gasteiger partial charge is 0.338 e. The van der Waals surface area contributed by atoms with Crippen LogP contribution in [0, 0.1) is 5.82 Å². The molecule has 3 aromatic rings. The Balaban J connectivity index is 1.42. The number of carbonyl (C=O) groups is 3. The summed E-state index contributed by atoms with van der Waals surface area (Å²) in [6.45, 7) is 5.41. The number of piperazine rings is 1. The van der Waals surface area contributed by atoms with E-state index in [1.807, 2.05) is 55.5 Å². The minimum absolute atomic E-state index is 0.0418. The van der Waals surface area contributed by atoms with E-state index in [0.29, 0.717) is 48.0 Å². The Bertz CT molecular complexity index is 1530. The lowest BCUT2D eigenvalue weighted by atomic mass is 9.94. The van der Waals surface area contributed by atoms with E-state index in [1.54, 1.807) is 37.1 Å². The first kappa shape index (κ1) is 29.8. The average Bonchev–Trinajstić information content (AvgIpc) is 3.00. The molecule has 3 aromatic carbocycles. The Hall–Kier alpha value is -4.70. The molecule has 224 valence electrons. The summed E-state index contributed by atoms with van der Waals surface area (Å²) in [5.41, 5.74) is 1.56. The molecule has 2 aliphatic rings. The van der Waals surface area contributed by atoms with Crippen LogP contribution in [0.5, 0.6) is 11.5 Å². The van der Waals surface area contributed by atoms with Crippen molar-refractivity contribution in [2.75, 3.05) is 39.8 Å². The highest BCUT2D eigenvalue weighted by atomic mass is 19.1. The first-order valence-electron chi connectivity index (χ1n) is 14.3. The van der Waals surface area contributed by atoms with Gasteiger partial charge in [0.05, 0.1) is 23.8 Å². The predicted octanol–water partition coefficient (Wildman–Crippen LogP) is 4.98. The van der Waals surface area contributed by atoms with Crippen molar-refractivity contribution in [3.8, 4) is 11.5 Å². The molecule has 2 atom stereocenters. The van der Waals surface area contributed by atoms with Crippen molar-refractivity contribution in [1.82, 2.24) is 20.0 Å². The van der Waals surface area contributed by atoms with Crippen molar-refractivity contribution in [1.29, 1.82) is 0 Å². The second kappa shape index (κ2) is 13.1.